The average Bonchev–Trinajstić information content (AvgIpc) is 3.31. The van der Waals surface area contributed by atoms with Crippen LogP contribution in [0.4, 0.5) is 0 Å². The maximum absolute atomic E-state index is 12.5. The third kappa shape index (κ3) is 2.90. The standard InChI is InChI=1S/C14H21N3OS/c15-9-13-10-16(5-6-17(13)12-1-2-12)14(18)11-3-7-19-8-4-11/h11-13H,1-8,10H2. The summed E-state index contributed by atoms with van der Waals surface area (Å²) in [5, 5.41) is 9.32. The maximum atomic E-state index is 12.5. The van der Waals surface area contributed by atoms with Crippen molar-refractivity contribution in [1.82, 2.24) is 9.80 Å². The highest BCUT2D eigenvalue weighted by atomic mass is 32.2. The van der Waals surface area contributed by atoms with Gasteiger partial charge in [0.25, 0.3) is 0 Å². The van der Waals surface area contributed by atoms with Crippen LogP contribution in [0, 0.1) is 17.2 Å². The molecule has 3 fully saturated rings. The number of hydrogen-bond donors (Lipinski definition) is 0. The number of carbonyl (C=O) groups excluding carboxylic acids is 1. The van der Waals surface area contributed by atoms with Crippen molar-refractivity contribution in [2.24, 2.45) is 5.92 Å². The minimum absolute atomic E-state index is 0.0804. The van der Waals surface area contributed by atoms with Crippen molar-refractivity contribution in [2.45, 2.75) is 37.8 Å². The molecule has 3 aliphatic rings. The molecular formula is C14H21N3OS. The lowest BCUT2D eigenvalue weighted by Crippen LogP contribution is -2.56. The minimum atomic E-state index is -0.0804. The third-order valence-corrected chi connectivity index (χ3v) is 5.52. The number of amides is 1. The summed E-state index contributed by atoms with van der Waals surface area (Å²) in [6.45, 7) is 2.32. The molecule has 0 aromatic heterocycles. The van der Waals surface area contributed by atoms with Gasteiger partial charge in [-0.2, -0.15) is 17.0 Å². The van der Waals surface area contributed by atoms with Gasteiger partial charge in [-0.25, -0.2) is 0 Å². The summed E-state index contributed by atoms with van der Waals surface area (Å²) in [6.07, 6.45) is 4.49. The number of rotatable bonds is 2. The predicted octanol–water partition coefficient (Wildman–Crippen LogP) is 1.33. The second-order valence-electron chi connectivity index (χ2n) is 5.78. The first kappa shape index (κ1) is 13.3. The number of piperazine rings is 1. The molecule has 0 N–H and O–H groups in total. The fourth-order valence-electron chi connectivity index (χ4n) is 3.16. The molecule has 2 heterocycles. The van der Waals surface area contributed by atoms with Gasteiger partial charge in [0.2, 0.25) is 5.91 Å². The Morgan fingerprint density at radius 3 is 2.53 bits per heavy atom. The fourth-order valence-corrected chi connectivity index (χ4v) is 4.26. The van der Waals surface area contributed by atoms with E-state index in [0.717, 1.165) is 37.4 Å². The van der Waals surface area contributed by atoms with Crippen molar-refractivity contribution >= 4 is 17.7 Å². The van der Waals surface area contributed by atoms with Gasteiger partial charge in [-0.3, -0.25) is 9.69 Å². The first-order valence-electron chi connectivity index (χ1n) is 7.31. The van der Waals surface area contributed by atoms with Crippen LogP contribution in [0.5, 0.6) is 0 Å². The summed E-state index contributed by atoms with van der Waals surface area (Å²) in [6, 6.07) is 2.93. The van der Waals surface area contributed by atoms with Crippen LogP contribution in [-0.4, -0.2) is 58.9 Å². The lowest BCUT2D eigenvalue weighted by Gasteiger charge is -2.40. The van der Waals surface area contributed by atoms with E-state index in [2.05, 4.69) is 11.0 Å². The van der Waals surface area contributed by atoms with Crippen molar-refractivity contribution in [3.05, 3.63) is 0 Å². The van der Waals surface area contributed by atoms with Crippen molar-refractivity contribution in [3.63, 3.8) is 0 Å². The fraction of sp³-hybridized carbons (Fsp3) is 0.857. The van der Waals surface area contributed by atoms with E-state index in [1.807, 2.05) is 16.7 Å². The highest BCUT2D eigenvalue weighted by Gasteiger charge is 2.39. The molecule has 0 bridgehead atoms. The molecule has 2 saturated heterocycles. The predicted molar refractivity (Wildman–Crippen MR) is 75.8 cm³/mol. The Bertz CT molecular complexity index is 385. The van der Waals surface area contributed by atoms with Gasteiger partial charge in [0, 0.05) is 31.6 Å². The van der Waals surface area contributed by atoms with Gasteiger partial charge in [0.05, 0.1) is 6.07 Å². The van der Waals surface area contributed by atoms with E-state index in [4.69, 9.17) is 0 Å². The van der Waals surface area contributed by atoms with E-state index in [1.54, 1.807) is 0 Å². The van der Waals surface area contributed by atoms with Crippen molar-refractivity contribution in [1.29, 1.82) is 5.26 Å². The number of thioether (sulfide) groups is 1. The zero-order chi connectivity index (χ0) is 13.2. The molecule has 1 unspecified atom stereocenters. The van der Waals surface area contributed by atoms with Crippen LogP contribution in [0.15, 0.2) is 0 Å². The average molecular weight is 279 g/mol. The quantitative estimate of drug-likeness (QED) is 0.765. The second-order valence-corrected chi connectivity index (χ2v) is 7.01. The van der Waals surface area contributed by atoms with Gasteiger partial charge in [-0.05, 0) is 37.2 Å². The van der Waals surface area contributed by atoms with E-state index in [9.17, 15) is 10.1 Å². The van der Waals surface area contributed by atoms with Crippen LogP contribution < -0.4 is 0 Å². The Morgan fingerprint density at radius 2 is 1.89 bits per heavy atom. The van der Waals surface area contributed by atoms with Gasteiger partial charge >= 0.3 is 0 Å². The molecule has 4 nitrogen and oxygen atoms in total. The number of hydrogen-bond acceptors (Lipinski definition) is 4. The molecule has 1 saturated carbocycles. The first-order chi connectivity index (χ1) is 9.29. The Hall–Kier alpha value is -0.730. The van der Waals surface area contributed by atoms with Crippen molar-refractivity contribution < 1.29 is 4.79 Å². The van der Waals surface area contributed by atoms with Gasteiger partial charge < -0.3 is 4.90 Å². The Morgan fingerprint density at radius 1 is 1.16 bits per heavy atom. The molecule has 2 aliphatic heterocycles. The van der Waals surface area contributed by atoms with Crippen LogP contribution in [0.25, 0.3) is 0 Å². The molecule has 1 atom stereocenters. The summed E-state index contributed by atoms with van der Waals surface area (Å²) in [5.74, 6) is 2.74. The molecule has 0 spiro atoms. The molecule has 104 valence electrons. The van der Waals surface area contributed by atoms with Crippen LogP contribution in [0.3, 0.4) is 0 Å². The lowest BCUT2D eigenvalue weighted by molar-refractivity contribution is -0.138. The van der Waals surface area contributed by atoms with Crippen molar-refractivity contribution in [2.75, 3.05) is 31.1 Å². The molecule has 5 heteroatoms. The lowest BCUT2D eigenvalue weighted by atomic mass is 10.00. The van der Waals surface area contributed by atoms with Gasteiger partial charge in [0.1, 0.15) is 6.04 Å². The minimum Gasteiger partial charge on any atom is -0.339 e. The van der Waals surface area contributed by atoms with Gasteiger partial charge in [-0.15, -0.1) is 0 Å². The molecule has 19 heavy (non-hydrogen) atoms. The number of nitrogens with zero attached hydrogens (tertiary/aromatic N) is 3. The van der Waals surface area contributed by atoms with E-state index in [-0.39, 0.29) is 12.0 Å². The summed E-state index contributed by atoms with van der Waals surface area (Å²) < 4.78 is 0. The van der Waals surface area contributed by atoms with Crippen LogP contribution in [0.1, 0.15) is 25.7 Å². The molecule has 0 aromatic carbocycles. The Balaban J connectivity index is 1.59. The summed E-state index contributed by atoms with van der Waals surface area (Å²) in [4.78, 5) is 16.8. The molecular weight excluding hydrogens is 258 g/mol. The zero-order valence-electron chi connectivity index (χ0n) is 11.3. The number of carbonyl (C=O) groups is 1. The van der Waals surface area contributed by atoms with E-state index >= 15 is 0 Å². The number of nitriles is 1. The summed E-state index contributed by atoms with van der Waals surface area (Å²) >= 11 is 1.95. The van der Waals surface area contributed by atoms with E-state index in [1.165, 1.54) is 12.8 Å². The molecule has 1 aliphatic carbocycles. The Labute approximate surface area is 119 Å². The van der Waals surface area contributed by atoms with Crippen LogP contribution in [0.2, 0.25) is 0 Å². The zero-order valence-corrected chi connectivity index (χ0v) is 12.1. The van der Waals surface area contributed by atoms with Gasteiger partial charge in [0.15, 0.2) is 0 Å². The molecule has 3 rings (SSSR count). The SMILES string of the molecule is N#CC1CN(C(=O)C2CCSCC2)CCN1C1CC1. The molecule has 1 amide bonds. The topological polar surface area (TPSA) is 47.3 Å². The van der Waals surface area contributed by atoms with Gasteiger partial charge in [-0.1, -0.05) is 0 Å². The highest BCUT2D eigenvalue weighted by Crippen LogP contribution is 2.31. The van der Waals surface area contributed by atoms with E-state index in [0.29, 0.717) is 18.5 Å². The first-order valence-corrected chi connectivity index (χ1v) is 8.47. The summed E-state index contributed by atoms with van der Waals surface area (Å²) in [7, 11) is 0. The monoisotopic (exact) mass is 279 g/mol. The van der Waals surface area contributed by atoms with Crippen LogP contribution >= 0.6 is 11.8 Å². The highest BCUT2D eigenvalue weighted by molar-refractivity contribution is 7.99. The van der Waals surface area contributed by atoms with Crippen molar-refractivity contribution in [3.8, 4) is 6.07 Å². The van der Waals surface area contributed by atoms with Crippen LogP contribution in [-0.2, 0) is 4.79 Å². The Kier molecular flexibility index (Phi) is 3.99. The summed E-state index contributed by atoms with van der Waals surface area (Å²) in [5.41, 5.74) is 0. The normalized spacial score (nSPS) is 30.1. The molecule has 0 radical (unpaired) electrons. The smallest absolute Gasteiger partial charge is 0.225 e. The largest absolute Gasteiger partial charge is 0.339 e. The van der Waals surface area contributed by atoms with E-state index < -0.39 is 0 Å². The maximum Gasteiger partial charge on any atom is 0.225 e. The second kappa shape index (κ2) is 5.72. The molecule has 0 aromatic rings. The third-order valence-electron chi connectivity index (χ3n) is 4.47.